The third kappa shape index (κ3) is 4.79. The first kappa shape index (κ1) is 20.3. The largest absolute Gasteiger partial charge is 0.360 e. The lowest BCUT2D eigenvalue weighted by atomic mass is 9.87. The van der Waals surface area contributed by atoms with Gasteiger partial charge in [-0.2, -0.15) is 5.10 Å². The van der Waals surface area contributed by atoms with E-state index < -0.39 is 0 Å². The Morgan fingerprint density at radius 1 is 1.23 bits per heavy atom. The van der Waals surface area contributed by atoms with Crippen molar-refractivity contribution in [3.05, 3.63) is 65.8 Å². The zero-order chi connectivity index (χ0) is 20.9. The highest BCUT2D eigenvalue weighted by molar-refractivity contribution is 6.02. The molecule has 1 amide bonds. The van der Waals surface area contributed by atoms with Gasteiger partial charge in [0.2, 0.25) is 0 Å². The van der Waals surface area contributed by atoms with Crippen LogP contribution >= 0.6 is 0 Å². The second-order valence-corrected chi connectivity index (χ2v) is 8.30. The minimum Gasteiger partial charge on any atom is -0.360 e. The van der Waals surface area contributed by atoms with E-state index in [4.69, 9.17) is 4.52 Å². The number of carbonyl (C=O) groups excluding carboxylic acids is 1. The molecular formula is C23H29N5O2. The molecule has 1 aliphatic rings. The van der Waals surface area contributed by atoms with E-state index in [0.29, 0.717) is 17.3 Å². The Hall–Kier alpha value is -2.93. The molecular weight excluding hydrogens is 378 g/mol. The molecule has 3 aromatic rings. The highest BCUT2D eigenvalue weighted by atomic mass is 16.5. The Morgan fingerprint density at radius 2 is 2.00 bits per heavy atom. The number of aromatic nitrogens is 3. The average Bonchev–Trinajstić information content (AvgIpc) is 3.43. The summed E-state index contributed by atoms with van der Waals surface area (Å²) in [5, 5.41) is 11.4. The molecule has 2 aromatic heterocycles. The van der Waals surface area contributed by atoms with Crippen LogP contribution in [0.15, 0.2) is 53.3 Å². The Morgan fingerprint density at radius 3 is 2.73 bits per heavy atom. The topological polar surface area (TPSA) is 76.2 Å². The summed E-state index contributed by atoms with van der Waals surface area (Å²) in [5.41, 5.74) is 2.12. The van der Waals surface area contributed by atoms with E-state index in [0.717, 1.165) is 25.1 Å². The van der Waals surface area contributed by atoms with Gasteiger partial charge in [-0.05, 0) is 32.5 Å². The van der Waals surface area contributed by atoms with Crippen LogP contribution in [0.4, 0.5) is 5.69 Å². The molecule has 1 aromatic carbocycles. The number of rotatable bonds is 7. The predicted octanol–water partition coefficient (Wildman–Crippen LogP) is 4.32. The van der Waals surface area contributed by atoms with Gasteiger partial charge in [-0.15, -0.1) is 0 Å². The lowest BCUT2D eigenvalue weighted by molar-refractivity contribution is 0.101. The molecule has 1 atom stereocenters. The quantitative estimate of drug-likeness (QED) is 0.631. The van der Waals surface area contributed by atoms with Gasteiger partial charge in [-0.25, -0.2) is 0 Å². The molecule has 2 heterocycles. The Balaban J connectivity index is 1.45. The number of amides is 1. The number of anilines is 1. The van der Waals surface area contributed by atoms with Crippen LogP contribution in [0.2, 0.25) is 0 Å². The zero-order valence-electron chi connectivity index (χ0n) is 17.6. The van der Waals surface area contributed by atoms with Crippen LogP contribution in [-0.4, -0.2) is 46.4 Å². The first-order valence-corrected chi connectivity index (χ1v) is 10.6. The highest BCUT2D eigenvalue weighted by Crippen LogP contribution is 2.33. The number of hydrogen-bond donors (Lipinski definition) is 1. The van der Waals surface area contributed by atoms with E-state index in [-0.39, 0.29) is 11.9 Å². The fraction of sp³-hybridized carbons (Fsp3) is 0.435. The minimum absolute atomic E-state index is 0.0526. The lowest BCUT2D eigenvalue weighted by Crippen LogP contribution is -2.25. The van der Waals surface area contributed by atoms with Crippen molar-refractivity contribution in [3.63, 3.8) is 0 Å². The molecule has 4 rings (SSSR count). The molecule has 7 heteroatoms. The normalized spacial score (nSPS) is 16.0. The summed E-state index contributed by atoms with van der Waals surface area (Å²) in [4.78, 5) is 14.8. The van der Waals surface area contributed by atoms with Gasteiger partial charge < -0.3 is 14.7 Å². The highest BCUT2D eigenvalue weighted by Gasteiger charge is 2.22. The zero-order valence-corrected chi connectivity index (χ0v) is 17.6. The fourth-order valence-electron chi connectivity index (χ4n) is 4.11. The summed E-state index contributed by atoms with van der Waals surface area (Å²) < 4.78 is 7.36. The first-order valence-electron chi connectivity index (χ1n) is 10.6. The van der Waals surface area contributed by atoms with Gasteiger partial charge >= 0.3 is 0 Å². The van der Waals surface area contributed by atoms with Crippen LogP contribution in [-0.2, 0) is 0 Å². The molecule has 0 aliphatic heterocycles. The van der Waals surface area contributed by atoms with Gasteiger partial charge in [-0.1, -0.05) is 54.8 Å². The molecule has 1 saturated carbocycles. The Bertz CT molecular complexity index is 957. The van der Waals surface area contributed by atoms with Gasteiger partial charge in [-0.3, -0.25) is 9.48 Å². The molecule has 1 unspecified atom stereocenters. The summed E-state index contributed by atoms with van der Waals surface area (Å²) in [7, 11) is 4.08. The second kappa shape index (κ2) is 9.26. The van der Waals surface area contributed by atoms with Crippen LogP contribution in [0, 0.1) is 0 Å². The monoisotopic (exact) mass is 407 g/mol. The molecule has 30 heavy (non-hydrogen) atoms. The van der Waals surface area contributed by atoms with Crippen molar-refractivity contribution in [2.24, 2.45) is 0 Å². The van der Waals surface area contributed by atoms with Gasteiger partial charge in [0, 0.05) is 24.7 Å². The maximum atomic E-state index is 12.7. The van der Waals surface area contributed by atoms with Gasteiger partial charge in [0.05, 0.1) is 17.9 Å². The SMILES string of the molecule is CN(C)CC(c1ccccc1)n1cc(NC(=O)c2cc(C3CCCCC3)on2)cn1. The minimum atomic E-state index is -0.274. The van der Waals surface area contributed by atoms with Crippen LogP contribution in [0.25, 0.3) is 0 Å². The van der Waals surface area contributed by atoms with E-state index in [1.165, 1.54) is 24.8 Å². The molecule has 0 radical (unpaired) electrons. The van der Waals surface area contributed by atoms with E-state index in [1.807, 2.05) is 43.2 Å². The molecule has 1 fully saturated rings. The summed E-state index contributed by atoms with van der Waals surface area (Å²) >= 11 is 0. The smallest absolute Gasteiger partial charge is 0.277 e. The number of carbonyl (C=O) groups is 1. The van der Waals surface area contributed by atoms with Gasteiger partial charge in [0.25, 0.3) is 5.91 Å². The van der Waals surface area contributed by atoms with Crippen molar-refractivity contribution in [2.75, 3.05) is 26.0 Å². The van der Waals surface area contributed by atoms with Crippen molar-refractivity contribution in [2.45, 2.75) is 44.1 Å². The standard InChI is InChI=1S/C23H29N5O2/c1-27(2)16-21(17-9-5-3-6-10-17)28-15-19(14-24-28)25-23(29)20-13-22(30-26-20)18-11-7-4-8-12-18/h3,5-6,9-10,13-15,18,21H,4,7-8,11-12,16H2,1-2H3,(H,25,29). The average molecular weight is 408 g/mol. The number of benzene rings is 1. The number of nitrogens with zero attached hydrogens (tertiary/aromatic N) is 4. The Labute approximate surface area is 177 Å². The van der Waals surface area contributed by atoms with Crippen molar-refractivity contribution in [3.8, 4) is 0 Å². The summed E-state index contributed by atoms with van der Waals surface area (Å²) in [5.74, 6) is 0.933. The molecule has 0 spiro atoms. The van der Waals surface area contributed by atoms with Crippen LogP contribution in [0.3, 0.4) is 0 Å². The first-order chi connectivity index (χ1) is 14.6. The summed E-state index contributed by atoms with van der Waals surface area (Å²) in [6, 6.07) is 12.1. The fourth-order valence-corrected chi connectivity index (χ4v) is 4.11. The van der Waals surface area contributed by atoms with Crippen molar-refractivity contribution in [1.29, 1.82) is 0 Å². The molecule has 0 bridgehead atoms. The third-order valence-corrected chi connectivity index (χ3v) is 5.67. The number of hydrogen-bond acceptors (Lipinski definition) is 5. The van der Waals surface area contributed by atoms with Gasteiger partial charge in [0.1, 0.15) is 5.76 Å². The van der Waals surface area contributed by atoms with E-state index in [9.17, 15) is 4.79 Å². The van der Waals surface area contributed by atoms with E-state index >= 15 is 0 Å². The molecule has 7 nitrogen and oxygen atoms in total. The number of likely N-dealkylation sites (N-methyl/N-ethyl adjacent to an activating group) is 1. The lowest BCUT2D eigenvalue weighted by Gasteiger charge is -2.22. The third-order valence-electron chi connectivity index (χ3n) is 5.67. The van der Waals surface area contributed by atoms with Crippen molar-refractivity contribution >= 4 is 11.6 Å². The maximum Gasteiger partial charge on any atom is 0.277 e. The van der Waals surface area contributed by atoms with E-state index in [2.05, 4.69) is 32.6 Å². The van der Waals surface area contributed by atoms with Crippen LogP contribution in [0.5, 0.6) is 0 Å². The predicted molar refractivity (Wildman–Crippen MR) is 116 cm³/mol. The molecule has 158 valence electrons. The van der Waals surface area contributed by atoms with Crippen molar-refractivity contribution < 1.29 is 9.32 Å². The summed E-state index contributed by atoms with van der Waals surface area (Å²) in [6.07, 6.45) is 9.45. The molecule has 0 saturated heterocycles. The molecule has 1 N–H and O–H groups in total. The van der Waals surface area contributed by atoms with Gasteiger partial charge in [0.15, 0.2) is 5.69 Å². The van der Waals surface area contributed by atoms with Crippen molar-refractivity contribution in [1.82, 2.24) is 19.8 Å². The van der Waals surface area contributed by atoms with E-state index in [1.54, 1.807) is 12.3 Å². The van der Waals surface area contributed by atoms with Crippen LogP contribution in [0.1, 0.15) is 65.9 Å². The maximum absolute atomic E-state index is 12.7. The Kier molecular flexibility index (Phi) is 6.28. The van der Waals surface area contributed by atoms with Crippen LogP contribution < -0.4 is 5.32 Å². The second-order valence-electron chi connectivity index (χ2n) is 8.30. The molecule has 1 aliphatic carbocycles. The number of nitrogens with one attached hydrogen (secondary N) is 1. The summed E-state index contributed by atoms with van der Waals surface area (Å²) in [6.45, 7) is 0.799.